The van der Waals surface area contributed by atoms with Gasteiger partial charge in [0.05, 0.1) is 0 Å². The van der Waals surface area contributed by atoms with E-state index in [0.29, 0.717) is 0 Å². The topological polar surface area (TPSA) is 21.3 Å². The number of likely N-dealkylation sites (N-methyl/N-ethyl adjacent to an activating group) is 1. The molecule has 2 heteroatoms. The van der Waals surface area contributed by atoms with Crippen LogP contribution in [0, 0.1) is 6.92 Å². The third kappa shape index (κ3) is 3.34. The van der Waals surface area contributed by atoms with Gasteiger partial charge in [-0.1, -0.05) is 48.0 Å². The van der Waals surface area contributed by atoms with Crippen molar-refractivity contribution in [1.82, 2.24) is 5.32 Å². The summed E-state index contributed by atoms with van der Waals surface area (Å²) in [6.07, 6.45) is 0.0407. The number of ether oxygens (including phenoxy) is 1. The quantitative estimate of drug-likeness (QED) is 0.867. The van der Waals surface area contributed by atoms with Crippen molar-refractivity contribution in [2.24, 2.45) is 0 Å². The molecular weight excluding hydrogens is 222 g/mol. The first-order valence-electron chi connectivity index (χ1n) is 6.22. The lowest BCUT2D eigenvalue weighted by Gasteiger charge is -2.19. The van der Waals surface area contributed by atoms with Gasteiger partial charge in [-0.15, -0.1) is 0 Å². The van der Waals surface area contributed by atoms with Crippen molar-refractivity contribution in [3.63, 3.8) is 0 Å². The zero-order valence-electron chi connectivity index (χ0n) is 10.9. The van der Waals surface area contributed by atoms with Crippen LogP contribution in [-0.4, -0.2) is 13.6 Å². The molecule has 2 rings (SSSR count). The van der Waals surface area contributed by atoms with E-state index in [9.17, 15) is 0 Å². The molecule has 18 heavy (non-hydrogen) atoms. The Labute approximate surface area is 109 Å². The van der Waals surface area contributed by atoms with E-state index in [1.807, 2.05) is 37.4 Å². The van der Waals surface area contributed by atoms with E-state index in [2.05, 4.69) is 36.5 Å². The Balaban J connectivity index is 2.14. The summed E-state index contributed by atoms with van der Waals surface area (Å²) in [5.74, 6) is 0.907. The second-order valence-corrected chi connectivity index (χ2v) is 4.39. The summed E-state index contributed by atoms with van der Waals surface area (Å²) in [6.45, 7) is 2.87. The lowest BCUT2D eigenvalue weighted by atomic mass is 10.1. The van der Waals surface area contributed by atoms with Crippen molar-refractivity contribution in [2.75, 3.05) is 13.6 Å². The Hall–Kier alpha value is -1.80. The van der Waals surface area contributed by atoms with Crippen LogP contribution >= 0.6 is 0 Å². The summed E-state index contributed by atoms with van der Waals surface area (Å²) >= 11 is 0. The monoisotopic (exact) mass is 241 g/mol. The maximum atomic E-state index is 6.03. The highest BCUT2D eigenvalue weighted by Crippen LogP contribution is 2.21. The molecule has 0 aliphatic heterocycles. The second-order valence-electron chi connectivity index (χ2n) is 4.39. The molecule has 0 saturated carbocycles. The van der Waals surface area contributed by atoms with E-state index in [-0.39, 0.29) is 6.10 Å². The number of aryl methyl sites for hydroxylation is 1. The number of benzene rings is 2. The Morgan fingerprint density at radius 3 is 2.28 bits per heavy atom. The van der Waals surface area contributed by atoms with Crippen LogP contribution in [0.25, 0.3) is 0 Å². The molecule has 1 atom stereocenters. The molecule has 2 aromatic rings. The molecule has 2 aromatic carbocycles. The second kappa shape index (κ2) is 6.22. The molecule has 0 fully saturated rings. The van der Waals surface area contributed by atoms with Crippen LogP contribution in [0.15, 0.2) is 54.6 Å². The zero-order chi connectivity index (χ0) is 12.8. The van der Waals surface area contributed by atoms with Gasteiger partial charge in [0.2, 0.25) is 0 Å². The Morgan fingerprint density at radius 1 is 1.00 bits per heavy atom. The standard InChI is InChI=1S/C16H19NO/c1-13-8-10-15(11-9-13)18-16(12-17-2)14-6-4-3-5-7-14/h3-11,16-17H,12H2,1-2H3. The SMILES string of the molecule is CNCC(Oc1ccc(C)cc1)c1ccccc1. The molecule has 1 N–H and O–H groups in total. The van der Waals surface area contributed by atoms with Crippen LogP contribution in [-0.2, 0) is 0 Å². The van der Waals surface area contributed by atoms with E-state index in [1.165, 1.54) is 11.1 Å². The van der Waals surface area contributed by atoms with Crippen LogP contribution in [0.3, 0.4) is 0 Å². The predicted octanol–water partition coefficient (Wildman–Crippen LogP) is 3.33. The summed E-state index contributed by atoms with van der Waals surface area (Å²) in [7, 11) is 1.94. The van der Waals surface area contributed by atoms with Crippen molar-refractivity contribution in [3.8, 4) is 5.75 Å². The van der Waals surface area contributed by atoms with Gasteiger partial charge in [0.25, 0.3) is 0 Å². The van der Waals surface area contributed by atoms with E-state index in [1.54, 1.807) is 0 Å². The minimum Gasteiger partial charge on any atom is -0.484 e. The highest BCUT2D eigenvalue weighted by atomic mass is 16.5. The summed E-state index contributed by atoms with van der Waals surface area (Å²) in [4.78, 5) is 0. The maximum absolute atomic E-state index is 6.03. The highest BCUT2D eigenvalue weighted by molar-refractivity contribution is 5.28. The minimum atomic E-state index is 0.0407. The molecule has 1 unspecified atom stereocenters. The van der Waals surface area contributed by atoms with Crippen LogP contribution < -0.4 is 10.1 Å². The van der Waals surface area contributed by atoms with Gasteiger partial charge in [0.15, 0.2) is 0 Å². The van der Waals surface area contributed by atoms with E-state index >= 15 is 0 Å². The van der Waals surface area contributed by atoms with Crippen molar-refractivity contribution in [2.45, 2.75) is 13.0 Å². The van der Waals surface area contributed by atoms with E-state index in [0.717, 1.165) is 12.3 Å². The number of rotatable bonds is 5. The number of hydrogen-bond donors (Lipinski definition) is 1. The Kier molecular flexibility index (Phi) is 4.37. The fraction of sp³-hybridized carbons (Fsp3) is 0.250. The van der Waals surface area contributed by atoms with Gasteiger partial charge in [-0.3, -0.25) is 0 Å². The first-order valence-corrected chi connectivity index (χ1v) is 6.22. The van der Waals surface area contributed by atoms with Crippen molar-refractivity contribution in [3.05, 3.63) is 65.7 Å². The van der Waals surface area contributed by atoms with Crippen LogP contribution in [0.4, 0.5) is 0 Å². The average molecular weight is 241 g/mol. The molecule has 0 spiro atoms. The highest BCUT2D eigenvalue weighted by Gasteiger charge is 2.11. The van der Waals surface area contributed by atoms with Crippen LogP contribution in [0.5, 0.6) is 5.75 Å². The van der Waals surface area contributed by atoms with Crippen LogP contribution in [0.1, 0.15) is 17.2 Å². The van der Waals surface area contributed by atoms with Gasteiger partial charge >= 0.3 is 0 Å². The lowest BCUT2D eigenvalue weighted by Crippen LogP contribution is -2.21. The molecule has 0 heterocycles. The predicted molar refractivity (Wildman–Crippen MR) is 74.9 cm³/mol. The van der Waals surface area contributed by atoms with Gasteiger partial charge in [-0.25, -0.2) is 0 Å². The summed E-state index contributed by atoms with van der Waals surface area (Å²) < 4.78 is 6.03. The smallest absolute Gasteiger partial charge is 0.136 e. The molecule has 0 bridgehead atoms. The van der Waals surface area contributed by atoms with Crippen molar-refractivity contribution < 1.29 is 4.74 Å². The molecule has 0 aliphatic carbocycles. The van der Waals surface area contributed by atoms with Crippen LogP contribution in [0.2, 0.25) is 0 Å². The fourth-order valence-corrected chi connectivity index (χ4v) is 1.86. The molecular formula is C16H19NO. The molecule has 94 valence electrons. The van der Waals surface area contributed by atoms with Gasteiger partial charge in [0.1, 0.15) is 11.9 Å². The zero-order valence-corrected chi connectivity index (χ0v) is 10.9. The van der Waals surface area contributed by atoms with Crippen molar-refractivity contribution >= 4 is 0 Å². The summed E-state index contributed by atoms with van der Waals surface area (Å²) in [6, 6.07) is 18.4. The maximum Gasteiger partial charge on any atom is 0.136 e. The molecule has 0 amide bonds. The van der Waals surface area contributed by atoms with Gasteiger partial charge in [-0.2, -0.15) is 0 Å². The lowest BCUT2D eigenvalue weighted by molar-refractivity contribution is 0.205. The van der Waals surface area contributed by atoms with E-state index in [4.69, 9.17) is 4.74 Å². The average Bonchev–Trinajstić information content (AvgIpc) is 2.42. The molecule has 0 aromatic heterocycles. The van der Waals surface area contributed by atoms with Gasteiger partial charge in [0, 0.05) is 6.54 Å². The Morgan fingerprint density at radius 2 is 1.67 bits per heavy atom. The van der Waals surface area contributed by atoms with Gasteiger partial charge in [-0.05, 0) is 31.7 Å². The van der Waals surface area contributed by atoms with Gasteiger partial charge < -0.3 is 10.1 Å². The fourth-order valence-electron chi connectivity index (χ4n) is 1.86. The third-order valence-corrected chi connectivity index (χ3v) is 2.86. The third-order valence-electron chi connectivity index (χ3n) is 2.86. The van der Waals surface area contributed by atoms with Crippen molar-refractivity contribution in [1.29, 1.82) is 0 Å². The largest absolute Gasteiger partial charge is 0.484 e. The first-order chi connectivity index (χ1) is 8.79. The number of hydrogen-bond acceptors (Lipinski definition) is 2. The van der Waals surface area contributed by atoms with E-state index < -0.39 is 0 Å². The summed E-state index contributed by atoms with van der Waals surface area (Å²) in [5.41, 5.74) is 2.43. The molecule has 0 radical (unpaired) electrons. The summed E-state index contributed by atoms with van der Waals surface area (Å²) in [5, 5.41) is 3.17. The first kappa shape index (κ1) is 12.7. The normalized spacial score (nSPS) is 12.1. The Bertz CT molecular complexity index is 464. The molecule has 0 saturated heterocycles. The molecule has 2 nitrogen and oxygen atoms in total. The number of nitrogens with one attached hydrogen (secondary N) is 1. The minimum absolute atomic E-state index is 0.0407. The molecule has 0 aliphatic rings.